The van der Waals surface area contributed by atoms with E-state index in [2.05, 4.69) is 6.58 Å². The molecule has 0 fully saturated rings. The Morgan fingerprint density at radius 2 is 2.00 bits per heavy atom. The molecule has 0 heterocycles. The third-order valence-corrected chi connectivity index (χ3v) is 0.896. The quantitative estimate of drug-likeness (QED) is 0.364. The third kappa shape index (κ3) is 2.74. The number of ketones is 1. The maximum Gasteiger partial charge on any atom is 0.407 e. The number of nitro groups is 1. The Morgan fingerprint density at radius 3 is 2.25 bits per heavy atom. The van der Waals surface area contributed by atoms with E-state index >= 15 is 0 Å². The summed E-state index contributed by atoms with van der Waals surface area (Å²) < 4.78 is 0. The molecule has 0 saturated carbocycles. The normalized spacial score (nSPS) is 10.5. The van der Waals surface area contributed by atoms with Gasteiger partial charge in [-0.1, -0.05) is 6.58 Å². The van der Waals surface area contributed by atoms with Crippen molar-refractivity contribution in [1.29, 1.82) is 0 Å². The first kappa shape index (κ1) is 10.0. The van der Waals surface area contributed by atoms with Crippen molar-refractivity contribution in [3.8, 4) is 0 Å². The van der Waals surface area contributed by atoms with Gasteiger partial charge in [-0.25, -0.2) is 4.79 Å². The van der Waals surface area contributed by atoms with Crippen LogP contribution in [0.1, 0.15) is 0 Å². The average Bonchev–Trinajstić information content (AvgIpc) is 1.98. The topological polar surface area (TPSA) is 97.5 Å². The van der Waals surface area contributed by atoms with E-state index in [0.717, 1.165) is 6.08 Å². The van der Waals surface area contributed by atoms with Crippen molar-refractivity contribution in [1.82, 2.24) is 0 Å². The van der Waals surface area contributed by atoms with E-state index in [-0.39, 0.29) is 0 Å². The predicted octanol–water partition coefficient (Wildman–Crippen LogP) is -0.0133. The van der Waals surface area contributed by atoms with E-state index in [4.69, 9.17) is 5.11 Å². The maximum absolute atomic E-state index is 10.5. The predicted molar refractivity (Wildman–Crippen MR) is 37.9 cm³/mol. The minimum Gasteiger partial charge on any atom is -0.473 e. The molecule has 0 atom stereocenters. The number of carbonyl (C=O) groups excluding carboxylic acids is 1. The van der Waals surface area contributed by atoms with Crippen molar-refractivity contribution < 1.29 is 19.6 Å². The van der Waals surface area contributed by atoms with Gasteiger partial charge in [0, 0.05) is 0 Å². The molecule has 12 heavy (non-hydrogen) atoms. The van der Waals surface area contributed by atoms with E-state index < -0.39 is 22.4 Å². The standard InChI is InChI=1S/C6H5NO5/c1-2-4(8)3-5(6(9)10)7(11)12/h2-3H,1H2,(H,9,10). The number of nitrogens with zero attached hydrogens (tertiary/aromatic N) is 1. The van der Waals surface area contributed by atoms with Gasteiger partial charge in [0.1, 0.15) is 0 Å². The van der Waals surface area contributed by atoms with Gasteiger partial charge in [0.25, 0.3) is 0 Å². The van der Waals surface area contributed by atoms with Crippen molar-refractivity contribution in [2.75, 3.05) is 0 Å². The Hall–Kier alpha value is -1.98. The van der Waals surface area contributed by atoms with Crippen LogP contribution in [0.3, 0.4) is 0 Å². The molecule has 6 heteroatoms. The van der Waals surface area contributed by atoms with Crippen LogP contribution in [0.5, 0.6) is 0 Å². The van der Waals surface area contributed by atoms with Crippen molar-refractivity contribution in [3.63, 3.8) is 0 Å². The lowest BCUT2D eigenvalue weighted by Crippen LogP contribution is -2.11. The molecule has 1 N–H and O–H groups in total. The fraction of sp³-hybridized carbons (Fsp3) is 0. The molecule has 0 bridgehead atoms. The summed E-state index contributed by atoms with van der Waals surface area (Å²) in [6.45, 7) is 3.02. The monoisotopic (exact) mass is 171 g/mol. The number of hydrogen-bond donors (Lipinski definition) is 1. The first-order valence-electron chi connectivity index (χ1n) is 2.74. The van der Waals surface area contributed by atoms with Crippen LogP contribution in [-0.2, 0) is 9.59 Å². The zero-order valence-electron chi connectivity index (χ0n) is 5.89. The second kappa shape index (κ2) is 4.02. The molecule has 6 nitrogen and oxygen atoms in total. The summed E-state index contributed by atoms with van der Waals surface area (Å²) in [6, 6.07) is 0. The first-order chi connectivity index (χ1) is 5.49. The fourth-order valence-electron chi connectivity index (χ4n) is 0.386. The van der Waals surface area contributed by atoms with Crippen LogP contribution < -0.4 is 0 Å². The van der Waals surface area contributed by atoms with Gasteiger partial charge in [0.15, 0.2) is 5.78 Å². The lowest BCUT2D eigenvalue weighted by atomic mass is 10.3. The molecular formula is C6H5NO5. The number of allylic oxidation sites excluding steroid dienone is 2. The molecular weight excluding hydrogens is 166 g/mol. The molecule has 0 aliphatic heterocycles. The van der Waals surface area contributed by atoms with Crippen molar-refractivity contribution >= 4 is 11.8 Å². The second-order valence-corrected chi connectivity index (χ2v) is 1.70. The lowest BCUT2D eigenvalue weighted by molar-refractivity contribution is -0.420. The number of carbonyl (C=O) groups is 2. The minimum atomic E-state index is -1.75. The highest BCUT2D eigenvalue weighted by atomic mass is 16.6. The molecule has 0 spiro atoms. The van der Waals surface area contributed by atoms with Crippen LogP contribution in [0, 0.1) is 10.1 Å². The zero-order valence-corrected chi connectivity index (χ0v) is 5.89. The molecule has 0 radical (unpaired) electrons. The number of hydrogen-bond acceptors (Lipinski definition) is 4. The van der Waals surface area contributed by atoms with E-state index in [1.807, 2.05) is 0 Å². The Balaban J connectivity index is 4.86. The number of carboxylic acid groups (broad SMARTS) is 1. The molecule has 0 aromatic carbocycles. The molecule has 0 rings (SSSR count). The fourth-order valence-corrected chi connectivity index (χ4v) is 0.386. The van der Waals surface area contributed by atoms with Crippen molar-refractivity contribution in [3.05, 3.63) is 34.5 Å². The molecule has 64 valence electrons. The van der Waals surface area contributed by atoms with E-state index in [0.29, 0.717) is 6.08 Å². The SMILES string of the molecule is C=CC(=O)C=C(C(=O)O)[N+](=O)[O-]. The summed E-state index contributed by atoms with van der Waals surface area (Å²) in [5.41, 5.74) is -1.17. The van der Waals surface area contributed by atoms with Crippen LogP contribution in [-0.4, -0.2) is 21.8 Å². The molecule has 0 amide bonds. The van der Waals surface area contributed by atoms with Gasteiger partial charge in [-0.3, -0.25) is 14.9 Å². The molecule has 0 aromatic heterocycles. The molecule has 0 saturated heterocycles. The highest BCUT2D eigenvalue weighted by Crippen LogP contribution is 1.95. The van der Waals surface area contributed by atoms with E-state index in [1.165, 1.54) is 0 Å². The Morgan fingerprint density at radius 1 is 1.50 bits per heavy atom. The van der Waals surface area contributed by atoms with Crippen LogP contribution >= 0.6 is 0 Å². The van der Waals surface area contributed by atoms with Crippen molar-refractivity contribution in [2.24, 2.45) is 0 Å². The van der Waals surface area contributed by atoms with Gasteiger partial charge < -0.3 is 5.11 Å². The molecule has 0 unspecified atom stereocenters. The summed E-state index contributed by atoms with van der Waals surface area (Å²) in [7, 11) is 0. The third-order valence-electron chi connectivity index (χ3n) is 0.896. The molecule has 0 aliphatic carbocycles. The smallest absolute Gasteiger partial charge is 0.407 e. The van der Waals surface area contributed by atoms with Crippen LogP contribution in [0.15, 0.2) is 24.4 Å². The lowest BCUT2D eigenvalue weighted by Gasteiger charge is -1.88. The van der Waals surface area contributed by atoms with Gasteiger partial charge >= 0.3 is 11.7 Å². The highest BCUT2D eigenvalue weighted by molar-refractivity contribution is 6.03. The van der Waals surface area contributed by atoms with Gasteiger partial charge in [-0.15, -0.1) is 0 Å². The summed E-state index contributed by atoms with van der Waals surface area (Å²) in [5, 5.41) is 18.2. The zero-order chi connectivity index (χ0) is 9.72. The van der Waals surface area contributed by atoms with Crippen LogP contribution in [0.4, 0.5) is 0 Å². The van der Waals surface area contributed by atoms with Gasteiger partial charge in [0.2, 0.25) is 0 Å². The van der Waals surface area contributed by atoms with Crippen LogP contribution in [0.2, 0.25) is 0 Å². The highest BCUT2D eigenvalue weighted by Gasteiger charge is 2.21. The number of rotatable bonds is 4. The van der Waals surface area contributed by atoms with Gasteiger partial charge in [-0.2, -0.15) is 0 Å². The van der Waals surface area contributed by atoms with Crippen molar-refractivity contribution in [2.45, 2.75) is 0 Å². The van der Waals surface area contributed by atoms with E-state index in [1.54, 1.807) is 0 Å². The number of aliphatic carboxylic acids is 1. The average molecular weight is 171 g/mol. The number of carboxylic acids is 1. The summed E-state index contributed by atoms with van der Waals surface area (Å²) in [4.78, 5) is 29.4. The Labute approximate surface area is 67.0 Å². The molecule has 0 aromatic rings. The minimum absolute atomic E-state index is 0.398. The van der Waals surface area contributed by atoms with Crippen LogP contribution in [0.25, 0.3) is 0 Å². The summed E-state index contributed by atoms with van der Waals surface area (Å²) in [6.07, 6.45) is 1.18. The second-order valence-electron chi connectivity index (χ2n) is 1.70. The van der Waals surface area contributed by atoms with Gasteiger partial charge in [-0.05, 0) is 6.08 Å². The largest absolute Gasteiger partial charge is 0.473 e. The summed E-state index contributed by atoms with van der Waals surface area (Å²) >= 11 is 0. The Bertz CT molecular complexity index is 262. The maximum atomic E-state index is 10.5. The summed E-state index contributed by atoms with van der Waals surface area (Å²) in [5.74, 6) is -2.57. The van der Waals surface area contributed by atoms with Gasteiger partial charge in [0.05, 0.1) is 11.0 Å². The first-order valence-corrected chi connectivity index (χ1v) is 2.74. The molecule has 0 aliphatic rings. The Kier molecular flexibility index (Phi) is 3.35. The van der Waals surface area contributed by atoms with E-state index in [9.17, 15) is 19.7 Å².